The highest BCUT2D eigenvalue weighted by Gasteiger charge is 2.03. The number of aromatic nitrogens is 2. The van der Waals surface area contributed by atoms with Crippen LogP contribution in [0.3, 0.4) is 0 Å². The number of hydrogen-bond donors (Lipinski definition) is 1. The lowest BCUT2D eigenvalue weighted by molar-refractivity contribution is 0.993. The van der Waals surface area contributed by atoms with Crippen molar-refractivity contribution in [3.8, 4) is 11.3 Å². The summed E-state index contributed by atoms with van der Waals surface area (Å²) in [6.07, 6.45) is 0. The van der Waals surface area contributed by atoms with E-state index < -0.39 is 0 Å². The van der Waals surface area contributed by atoms with E-state index in [-0.39, 0.29) is 5.56 Å². The van der Waals surface area contributed by atoms with Crippen LogP contribution in [-0.2, 0) is 0 Å². The Kier molecular flexibility index (Phi) is 2.37. The Balaban J connectivity index is 2.58. The van der Waals surface area contributed by atoms with Crippen molar-refractivity contribution in [2.24, 2.45) is 0 Å². The molecule has 0 aliphatic rings. The predicted molar refractivity (Wildman–Crippen MR) is 59.8 cm³/mol. The van der Waals surface area contributed by atoms with E-state index >= 15 is 0 Å². The molecule has 3 heteroatoms. The second-order valence-electron chi connectivity index (χ2n) is 3.62. The van der Waals surface area contributed by atoms with Gasteiger partial charge in [-0.3, -0.25) is 4.79 Å². The molecule has 1 aromatic carbocycles. The molecule has 76 valence electrons. The first-order valence-electron chi connectivity index (χ1n) is 4.80. The zero-order valence-corrected chi connectivity index (χ0v) is 8.74. The van der Waals surface area contributed by atoms with E-state index in [2.05, 4.69) is 28.4 Å². The van der Waals surface area contributed by atoms with E-state index in [1.54, 1.807) is 6.07 Å². The van der Waals surface area contributed by atoms with Crippen LogP contribution in [0.5, 0.6) is 0 Å². The molecular weight excluding hydrogens is 188 g/mol. The Hall–Kier alpha value is -1.90. The zero-order chi connectivity index (χ0) is 10.8. The Morgan fingerprint density at radius 1 is 1.13 bits per heavy atom. The highest BCUT2D eigenvalue weighted by molar-refractivity contribution is 5.63. The molecule has 0 bridgehead atoms. The number of nitrogens with zero attached hydrogens (tertiary/aromatic N) is 1. The Morgan fingerprint density at radius 3 is 2.60 bits per heavy atom. The van der Waals surface area contributed by atoms with Gasteiger partial charge in [-0.1, -0.05) is 17.7 Å². The second-order valence-corrected chi connectivity index (χ2v) is 3.62. The van der Waals surface area contributed by atoms with Gasteiger partial charge < -0.3 is 0 Å². The van der Waals surface area contributed by atoms with E-state index in [1.165, 1.54) is 11.6 Å². The summed E-state index contributed by atoms with van der Waals surface area (Å²) in [6.45, 7) is 4.07. The molecule has 0 saturated heterocycles. The second kappa shape index (κ2) is 3.69. The third-order valence-electron chi connectivity index (χ3n) is 2.35. The molecule has 2 aromatic rings. The normalized spacial score (nSPS) is 10.3. The number of aromatic amines is 1. The van der Waals surface area contributed by atoms with Crippen LogP contribution in [0.4, 0.5) is 0 Å². The van der Waals surface area contributed by atoms with Crippen LogP contribution in [0.2, 0.25) is 0 Å². The number of rotatable bonds is 1. The summed E-state index contributed by atoms with van der Waals surface area (Å²) in [7, 11) is 0. The summed E-state index contributed by atoms with van der Waals surface area (Å²) < 4.78 is 0. The molecule has 0 amide bonds. The van der Waals surface area contributed by atoms with Crippen molar-refractivity contribution in [3.05, 3.63) is 51.8 Å². The lowest BCUT2D eigenvalue weighted by Gasteiger charge is -2.05. The molecule has 0 aliphatic carbocycles. The van der Waals surface area contributed by atoms with Gasteiger partial charge in [0.2, 0.25) is 0 Å². The van der Waals surface area contributed by atoms with E-state index in [4.69, 9.17) is 0 Å². The smallest absolute Gasteiger partial charge is 0.264 e. The Labute approximate surface area is 87.8 Å². The quantitative estimate of drug-likeness (QED) is 0.765. The van der Waals surface area contributed by atoms with Gasteiger partial charge in [-0.05, 0) is 31.5 Å². The highest BCUT2D eigenvalue weighted by atomic mass is 16.1. The van der Waals surface area contributed by atoms with E-state index in [0.29, 0.717) is 0 Å². The first kappa shape index (κ1) is 9.65. The average molecular weight is 200 g/mol. The van der Waals surface area contributed by atoms with Gasteiger partial charge in [-0.2, -0.15) is 5.10 Å². The zero-order valence-electron chi connectivity index (χ0n) is 8.74. The third kappa shape index (κ3) is 1.96. The van der Waals surface area contributed by atoms with Crippen molar-refractivity contribution in [2.45, 2.75) is 13.8 Å². The average Bonchev–Trinajstić information content (AvgIpc) is 2.23. The van der Waals surface area contributed by atoms with Gasteiger partial charge in [0.05, 0.1) is 5.69 Å². The van der Waals surface area contributed by atoms with Crippen LogP contribution in [-0.4, -0.2) is 10.2 Å². The van der Waals surface area contributed by atoms with Crippen LogP contribution in [0.1, 0.15) is 11.1 Å². The summed E-state index contributed by atoms with van der Waals surface area (Å²) in [4.78, 5) is 10.9. The minimum Gasteiger partial charge on any atom is -0.268 e. The third-order valence-corrected chi connectivity index (χ3v) is 2.35. The first-order chi connectivity index (χ1) is 7.16. The highest BCUT2D eigenvalue weighted by Crippen LogP contribution is 2.21. The van der Waals surface area contributed by atoms with Crippen molar-refractivity contribution in [2.75, 3.05) is 0 Å². The van der Waals surface area contributed by atoms with Crippen LogP contribution in [0.15, 0.2) is 35.1 Å². The van der Waals surface area contributed by atoms with Crippen LogP contribution >= 0.6 is 0 Å². The fourth-order valence-electron chi connectivity index (χ4n) is 1.51. The molecule has 0 atom stereocenters. The minimum absolute atomic E-state index is 0.177. The van der Waals surface area contributed by atoms with Crippen molar-refractivity contribution in [1.82, 2.24) is 10.2 Å². The molecule has 1 aromatic heterocycles. The molecule has 15 heavy (non-hydrogen) atoms. The number of H-pyrrole nitrogens is 1. The Morgan fingerprint density at radius 2 is 1.93 bits per heavy atom. The van der Waals surface area contributed by atoms with Crippen LogP contribution in [0, 0.1) is 13.8 Å². The summed E-state index contributed by atoms with van der Waals surface area (Å²) in [6, 6.07) is 9.41. The van der Waals surface area contributed by atoms with Gasteiger partial charge in [0.25, 0.3) is 5.56 Å². The fourth-order valence-corrected chi connectivity index (χ4v) is 1.51. The lowest BCUT2D eigenvalue weighted by Crippen LogP contribution is -2.05. The maximum atomic E-state index is 10.9. The molecule has 0 saturated carbocycles. The van der Waals surface area contributed by atoms with Gasteiger partial charge in [-0.25, -0.2) is 5.10 Å². The van der Waals surface area contributed by atoms with Crippen LogP contribution in [0.25, 0.3) is 11.3 Å². The first-order valence-corrected chi connectivity index (χ1v) is 4.80. The molecule has 0 spiro atoms. The maximum absolute atomic E-state index is 10.9. The molecule has 0 aliphatic heterocycles. The summed E-state index contributed by atoms with van der Waals surface area (Å²) in [5.74, 6) is 0. The van der Waals surface area contributed by atoms with Gasteiger partial charge >= 0.3 is 0 Å². The summed E-state index contributed by atoms with van der Waals surface area (Å²) in [5.41, 5.74) is 4.02. The SMILES string of the molecule is Cc1ccc(C)c(-c2ccc(=O)[nH]n2)c1. The molecule has 3 nitrogen and oxygen atoms in total. The lowest BCUT2D eigenvalue weighted by atomic mass is 10.0. The predicted octanol–water partition coefficient (Wildman–Crippen LogP) is 2.05. The maximum Gasteiger partial charge on any atom is 0.264 e. The number of nitrogens with one attached hydrogen (secondary N) is 1. The Bertz CT molecular complexity index is 523. The summed E-state index contributed by atoms with van der Waals surface area (Å²) >= 11 is 0. The van der Waals surface area contributed by atoms with Gasteiger partial charge in [-0.15, -0.1) is 0 Å². The topological polar surface area (TPSA) is 45.8 Å². The van der Waals surface area contributed by atoms with Gasteiger partial charge in [0.15, 0.2) is 0 Å². The number of aryl methyl sites for hydroxylation is 2. The number of hydrogen-bond acceptors (Lipinski definition) is 2. The minimum atomic E-state index is -0.177. The molecule has 0 unspecified atom stereocenters. The van der Waals surface area contributed by atoms with Crippen molar-refractivity contribution in [3.63, 3.8) is 0 Å². The van der Waals surface area contributed by atoms with E-state index in [9.17, 15) is 4.79 Å². The van der Waals surface area contributed by atoms with E-state index in [1.807, 2.05) is 13.8 Å². The van der Waals surface area contributed by atoms with Gasteiger partial charge in [0.1, 0.15) is 0 Å². The standard InChI is InChI=1S/C12H12N2O/c1-8-3-4-9(2)10(7-8)11-5-6-12(15)14-13-11/h3-7H,1-2H3,(H,14,15). The van der Waals surface area contributed by atoms with Gasteiger partial charge in [0, 0.05) is 11.6 Å². The van der Waals surface area contributed by atoms with Crippen molar-refractivity contribution < 1.29 is 0 Å². The summed E-state index contributed by atoms with van der Waals surface area (Å²) in [5, 5.41) is 6.45. The molecule has 1 N–H and O–H groups in total. The fraction of sp³-hybridized carbons (Fsp3) is 0.167. The molecule has 0 fully saturated rings. The van der Waals surface area contributed by atoms with Crippen LogP contribution < -0.4 is 5.56 Å². The molecule has 1 heterocycles. The van der Waals surface area contributed by atoms with E-state index in [0.717, 1.165) is 16.8 Å². The molecule has 0 radical (unpaired) electrons. The van der Waals surface area contributed by atoms with Crippen molar-refractivity contribution in [1.29, 1.82) is 0 Å². The number of benzene rings is 1. The largest absolute Gasteiger partial charge is 0.268 e. The molecule has 2 rings (SSSR count). The van der Waals surface area contributed by atoms with Crippen molar-refractivity contribution >= 4 is 0 Å². The monoisotopic (exact) mass is 200 g/mol. The molecular formula is C12H12N2O.